The van der Waals surface area contributed by atoms with Crippen LogP contribution in [0.2, 0.25) is 0 Å². The van der Waals surface area contributed by atoms with Gasteiger partial charge in [0.1, 0.15) is 17.5 Å². The molecule has 9 aromatic rings. The lowest BCUT2D eigenvalue weighted by Crippen LogP contribution is -2.57. The second-order valence-electron chi connectivity index (χ2n) is 25.8. The van der Waals surface area contributed by atoms with Gasteiger partial charge in [-0.25, -0.2) is 13.2 Å². The fraction of sp³-hybridized carbons (Fsp3) is 0.329. The molecule has 6 atom stereocenters. The number of piperazine rings is 3. The van der Waals surface area contributed by atoms with Crippen LogP contribution in [0.5, 0.6) is 0 Å². The lowest BCUT2D eigenvalue weighted by molar-refractivity contribution is -0.114. The van der Waals surface area contributed by atoms with Gasteiger partial charge in [-0.15, -0.1) is 0 Å². The maximum Gasteiger partial charge on any atom is 0.289 e. The van der Waals surface area contributed by atoms with Gasteiger partial charge in [0.2, 0.25) is 0 Å². The number of Topliss-reactive ketones (excluding diaryl/α,β-unsaturated/α-hetero) is 2. The zero-order chi connectivity index (χ0) is 68.4. The number of halogens is 3. The largest absolute Gasteiger partial charge is 0.363 e. The quantitative estimate of drug-likeness (QED) is 0.0413. The van der Waals surface area contributed by atoms with Crippen molar-refractivity contribution in [3.8, 4) is 0 Å². The van der Waals surface area contributed by atoms with Crippen LogP contribution in [0.15, 0.2) is 134 Å². The van der Waals surface area contributed by atoms with E-state index in [0.29, 0.717) is 84.3 Å². The number of nitrogens with two attached hydrogens (primary N) is 3. The van der Waals surface area contributed by atoms with Crippen molar-refractivity contribution in [2.45, 2.75) is 118 Å². The molecule has 5 amide bonds. The number of hydrogen-bond donors (Lipinski definition) is 5. The Kier molecular flexibility index (Phi) is 20.3. The Morgan fingerprint density at radius 1 is 0.432 bits per heavy atom. The van der Waals surface area contributed by atoms with Crippen molar-refractivity contribution >= 4 is 73.8 Å². The summed E-state index contributed by atoms with van der Waals surface area (Å²) in [5.41, 5.74) is 20.2. The van der Waals surface area contributed by atoms with E-state index in [9.17, 15) is 46.7 Å². The summed E-state index contributed by atoms with van der Waals surface area (Å²) < 4.78 is 40.9. The number of aromatic nitrogens is 3. The maximum atomic E-state index is 13.6. The molecule has 0 radical (unpaired) electrons. The zero-order valence-corrected chi connectivity index (χ0v) is 54.9. The van der Waals surface area contributed by atoms with Crippen molar-refractivity contribution in [3.05, 3.63) is 213 Å². The first-order valence-electron chi connectivity index (χ1n) is 31.8. The number of fused-ring (bicyclic) bond motifs is 3. The molecule has 95 heavy (non-hydrogen) atoms. The van der Waals surface area contributed by atoms with E-state index in [4.69, 9.17) is 17.3 Å². The average molecular weight is 1300 g/mol. The number of amides is 5. The first-order valence-corrected chi connectivity index (χ1v) is 31.8. The third kappa shape index (κ3) is 14.9. The van der Waals surface area contributed by atoms with Gasteiger partial charge in [-0.05, 0) is 175 Å². The number of nitrogen functional groups attached to an aromatic ring is 1. The van der Waals surface area contributed by atoms with E-state index in [1.807, 2.05) is 85.8 Å². The normalized spacial score (nSPS) is 19.5. The number of primary amides is 2. The van der Waals surface area contributed by atoms with Gasteiger partial charge < -0.3 is 42.0 Å². The molecule has 6 aromatic carbocycles. The molecule has 496 valence electrons. The Labute approximate surface area is 549 Å². The third-order valence-electron chi connectivity index (χ3n) is 18.8. The number of hydrogen-bond acceptors (Lipinski definition) is 11. The third-order valence-corrected chi connectivity index (χ3v) is 18.8. The number of nitrogens with one attached hydrogen (secondary N) is 2. The number of carbonyl (C=O) groups is 7. The molecule has 3 fully saturated rings. The second-order valence-corrected chi connectivity index (χ2v) is 25.8. The van der Waals surface area contributed by atoms with E-state index >= 15 is 0 Å². The number of carbonyl (C=O) groups excluding carboxylic acids is 7. The molecular formula is C73H81F3N12O7. The van der Waals surface area contributed by atoms with Gasteiger partial charge in [0.15, 0.2) is 0 Å². The molecular weight excluding hydrogens is 1210 g/mol. The number of aromatic amines is 2. The van der Waals surface area contributed by atoms with Crippen molar-refractivity contribution in [1.29, 1.82) is 0 Å². The molecule has 0 saturated carbocycles. The highest BCUT2D eigenvalue weighted by atomic mass is 19.1. The van der Waals surface area contributed by atoms with Crippen molar-refractivity contribution in [1.82, 2.24) is 44.0 Å². The summed E-state index contributed by atoms with van der Waals surface area (Å²) in [6.07, 6.45) is 4.70. The van der Waals surface area contributed by atoms with Crippen LogP contribution >= 0.6 is 0 Å². The highest BCUT2D eigenvalue weighted by Crippen LogP contribution is 2.31. The Hall–Kier alpha value is -9.90. The first kappa shape index (κ1) is 68.0. The summed E-state index contributed by atoms with van der Waals surface area (Å²) in [6.45, 7) is 24.0. The lowest BCUT2D eigenvalue weighted by atomic mass is 9.99. The van der Waals surface area contributed by atoms with Gasteiger partial charge in [-0.2, -0.15) is 0 Å². The minimum atomic E-state index is -1.08. The molecule has 0 aliphatic carbocycles. The van der Waals surface area contributed by atoms with Gasteiger partial charge in [-0.3, -0.25) is 52.9 Å². The van der Waals surface area contributed by atoms with Crippen LogP contribution in [0.1, 0.15) is 127 Å². The average Bonchev–Trinajstić information content (AvgIpc) is 1.73. The molecule has 12 rings (SSSR count). The number of benzene rings is 6. The highest BCUT2D eigenvalue weighted by molar-refractivity contribution is 6.45. The van der Waals surface area contributed by atoms with E-state index < -0.39 is 23.4 Å². The van der Waals surface area contributed by atoms with Gasteiger partial charge in [-0.1, -0.05) is 36.4 Å². The van der Waals surface area contributed by atoms with Gasteiger partial charge in [0.05, 0.1) is 16.6 Å². The SMILES string of the molecule is Cc1cc2[nH]cc(C(=O)C(N)=O)c2cc1C(=O)N1C[C@H](C)N(Cc2ccc(F)cc2)C[C@H]1C.Cc1cc2[nH]ccc2cc1C(=O)N1C[C@H](C)N(Cc2ccc(F)cc2)C[C@H]1C.Cc1cc2c(cc1C(=O)N1C[C@H](C)N(Cc3ccc(F)cc3)C[C@H]1C)c(C(=O)C(N)=O)cn2N. The smallest absolute Gasteiger partial charge is 0.289 e. The van der Waals surface area contributed by atoms with Crippen molar-refractivity contribution < 1.29 is 46.7 Å². The molecule has 3 saturated heterocycles. The van der Waals surface area contributed by atoms with Crippen LogP contribution in [0.4, 0.5) is 13.2 Å². The van der Waals surface area contributed by atoms with E-state index in [-0.39, 0.29) is 82.6 Å². The van der Waals surface area contributed by atoms with Crippen LogP contribution in [-0.2, 0) is 29.2 Å². The van der Waals surface area contributed by atoms with Crippen molar-refractivity contribution in [2.75, 3.05) is 45.1 Å². The molecule has 19 nitrogen and oxygen atoms in total. The number of aryl methyl sites for hydroxylation is 3. The topological polar surface area (TPSA) is 254 Å². The van der Waals surface area contributed by atoms with Crippen LogP contribution in [-0.4, -0.2) is 161 Å². The van der Waals surface area contributed by atoms with Crippen LogP contribution < -0.4 is 17.3 Å². The van der Waals surface area contributed by atoms with E-state index in [2.05, 4.69) is 52.4 Å². The monoisotopic (exact) mass is 1290 g/mol. The van der Waals surface area contributed by atoms with E-state index in [1.54, 1.807) is 48.5 Å². The predicted molar refractivity (Wildman–Crippen MR) is 360 cm³/mol. The van der Waals surface area contributed by atoms with E-state index in [1.165, 1.54) is 53.5 Å². The van der Waals surface area contributed by atoms with Crippen LogP contribution in [0.3, 0.4) is 0 Å². The highest BCUT2D eigenvalue weighted by Gasteiger charge is 2.37. The Morgan fingerprint density at radius 3 is 1.21 bits per heavy atom. The Morgan fingerprint density at radius 2 is 0.800 bits per heavy atom. The minimum Gasteiger partial charge on any atom is -0.363 e. The summed E-state index contributed by atoms with van der Waals surface area (Å²) in [7, 11) is 0. The lowest BCUT2D eigenvalue weighted by Gasteiger charge is -2.44. The Bertz CT molecular complexity index is 4390. The molecule has 3 aromatic heterocycles. The molecule has 3 aliphatic rings. The second kappa shape index (κ2) is 28.4. The van der Waals surface area contributed by atoms with Crippen LogP contribution in [0.25, 0.3) is 32.7 Å². The first-order chi connectivity index (χ1) is 45.1. The number of nitrogens with zero attached hydrogens (tertiary/aromatic N) is 7. The standard InChI is InChI=1S/C25H28FN5O3.C25H27FN4O3.C23H26FN3O/c1-14-8-22-20(21(13-31(22)28)23(32)24(27)33)9-19(14)25(34)30-11-15(2)29(10-16(30)3)12-17-4-6-18(26)7-5-17;1-14-8-22-20(21(10-28-22)23(31)24(27)32)9-19(14)25(33)30-12-15(2)29(11-16(30)3)13-17-4-6-18(26)7-5-17;1-15-10-22-19(8-9-25-22)11-21(15)23(28)27-13-16(2)26(12-17(27)3)14-18-4-6-20(24)7-5-18/h4-9,13,15-16H,10-12,28H2,1-3H3,(H2,27,33);4-10,15-16,28H,11-13H2,1-3H3,(H2,27,32);4-11,16-17,25H,12-14H2,1-3H3/t2*15-,16+;16-,17+/m000/s1. The van der Waals surface area contributed by atoms with Gasteiger partial charge in [0.25, 0.3) is 41.1 Å². The molecule has 0 bridgehead atoms. The number of ketones is 2. The van der Waals surface area contributed by atoms with Gasteiger partial charge >= 0.3 is 0 Å². The Balaban J connectivity index is 0.000000156. The molecule has 0 unspecified atom stereocenters. The molecule has 8 N–H and O–H groups in total. The van der Waals surface area contributed by atoms with Crippen molar-refractivity contribution in [2.24, 2.45) is 11.5 Å². The van der Waals surface area contributed by atoms with E-state index in [0.717, 1.165) is 57.4 Å². The fourth-order valence-corrected chi connectivity index (χ4v) is 13.3. The summed E-state index contributed by atoms with van der Waals surface area (Å²) in [6, 6.07) is 32.9. The molecule has 3 aliphatic heterocycles. The molecule has 6 heterocycles. The van der Waals surface area contributed by atoms with Crippen LogP contribution in [0, 0.1) is 38.2 Å². The van der Waals surface area contributed by atoms with Crippen molar-refractivity contribution in [3.63, 3.8) is 0 Å². The predicted octanol–water partition coefficient (Wildman–Crippen LogP) is 9.57. The summed E-state index contributed by atoms with van der Waals surface area (Å²) in [5, 5.41) is 1.98. The number of H-pyrrole nitrogens is 2. The maximum absolute atomic E-state index is 13.6. The fourth-order valence-electron chi connectivity index (χ4n) is 13.3. The summed E-state index contributed by atoms with van der Waals surface area (Å²) in [4.78, 5) is 107. The summed E-state index contributed by atoms with van der Waals surface area (Å²) >= 11 is 0. The van der Waals surface area contributed by atoms with Gasteiger partial charge in [0, 0.05) is 158 Å². The summed E-state index contributed by atoms with van der Waals surface area (Å²) in [5.74, 6) is 1.30. The number of rotatable bonds is 13. The minimum absolute atomic E-state index is 0.0396. The molecule has 0 spiro atoms. The molecule has 22 heteroatoms. The zero-order valence-electron chi connectivity index (χ0n) is 54.9.